The van der Waals surface area contributed by atoms with Gasteiger partial charge in [-0.3, -0.25) is 4.79 Å². The van der Waals surface area contributed by atoms with Gasteiger partial charge in [-0.25, -0.2) is 4.39 Å². The third-order valence-corrected chi connectivity index (χ3v) is 7.00. The zero-order chi connectivity index (χ0) is 25.3. The molecule has 2 saturated heterocycles. The minimum absolute atomic E-state index is 0.166. The number of carboxylic acid groups (broad SMARTS) is 1. The molecular formula is C27H37FO8. The van der Waals surface area contributed by atoms with Crippen LogP contribution in [0.3, 0.4) is 0 Å². The number of aliphatic hydroxyl groups excluding tert-OH is 1. The third kappa shape index (κ3) is 7.41. The van der Waals surface area contributed by atoms with Gasteiger partial charge in [-0.1, -0.05) is 12.1 Å². The summed E-state index contributed by atoms with van der Waals surface area (Å²) in [4.78, 5) is 11.7. The zero-order valence-corrected chi connectivity index (χ0v) is 20.6. The molecule has 2 heterocycles. The lowest BCUT2D eigenvalue weighted by molar-refractivity contribution is -0.201. The molecule has 36 heavy (non-hydrogen) atoms. The highest BCUT2D eigenvalue weighted by molar-refractivity contribution is 5.67. The number of carboxylic acids is 1. The maximum Gasteiger partial charge on any atom is 0.303 e. The van der Waals surface area contributed by atoms with Crippen LogP contribution in [0.5, 0.6) is 5.75 Å². The number of carbonyl (C=O) groups is 1. The van der Waals surface area contributed by atoms with Gasteiger partial charge in [0.25, 0.3) is 0 Å². The standard InChI is InChI=1S/C27H37FO8/c28-19-8-1-2-9-21(19)32-15-7-10-22(35-25-11-3-5-13-33-25)27-18(16-24(30)31)20(29)17-23(27)36-26-12-4-6-14-34-26/h1-2,8-10,18,20,23,25-27,29H,3-7,11-17H2,(H,30,31)/t18-,20-,23+,25?,26?,27+/m0/s1. The van der Waals surface area contributed by atoms with Crippen LogP contribution in [-0.2, 0) is 23.7 Å². The van der Waals surface area contributed by atoms with Gasteiger partial charge < -0.3 is 33.9 Å². The normalized spacial score (nSPS) is 31.2. The van der Waals surface area contributed by atoms with Crippen molar-refractivity contribution < 1.29 is 43.1 Å². The van der Waals surface area contributed by atoms with Crippen molar-refractivity contribution in [2.75, 3.05) is 19.8 Å². The minimum atomic E-state index is -0.991. The van der Waals surface area contributed by atoms with Gasteiger partial charge in [0, 0.05) is 37.7 Å². The van der Waals surface area contributed by atoms with Crippen LogP contribution in [0.1, 0.15) is 57.8 Å². The highest BCUT2D eigenvalue weighted by Crippen LogP contribution is 2.43. The van der Waals surface area contributed by atoms with Gasteiger partial charge in [-0.15, -0.1) is 0 Å². The summed E-state index contributed by atoms with van der Waals surface area (Å²) >= 11 is 0. The predicted molar refractivity (Wildman–Crippen MR) is 128 cm³/mol. The minimum Gasteiger partial charge on any atom is -0.490 e. The molecule has 200 valence electrons. The second-order valence-electron chi connectivity index (χ2n) is 9.65. The molecule has 2 unspecified atom stereocenters. The van der Waals surface area contributed by atoms with Crippen LogP contribution in [-0.4, -0.2) is 60.8 Å². The van der Waals surface area contributed by atoms with Gasteiger partial charge in [0.05, 0.1) is 31.8 Å². The molecule has 0 spiro atoms. The monoisotopic (exact) mass is 508 g/mol. The number of hydrogen-bond acceptors (Lipinski definition) is 7. The smallest absolute Gasteiger partial charge is 0.303 e. The summed E-state index contributed by atoms with van der Waals surface area (Å²) in [6, 6.07) is 6.21. The fraction of sp³-hybridized carbons (Fsp3) is 0.667. The summed E-state index contributed by atoms with van der Waals surface area (Å²) in [5.41, 5.74) is 0. The van der Waals surface area contributed by atoms with Crippen LogP contribution in [0, 0.1) is 17.7 Å². The Morgan fingerprint density at radius 3 is 2.47 bits per heavy atom. The van der Waals surface area contributed by atoms with Crippen molar-refractivity contribution in [1.82, 2.24) is 0 Å². The molecule has 0 amide bonds. The van der Waals surface area contributed by atoms with Crippen molar-refractivity contribution >= 4 is 5.97 Å². The molecule has 3 aliphatic rings. The molecular weight excluding hydrogens is 471 g/mol. The molecule has 2 aliphatic heterocycles. The molecule has 1 aromatic rings. The zero-order valence-electron chi connectivity index (χ0n) is 20.6. The molecule has 4 rings (SSSR count). The van der Waals surface area contributed by atoms with E-state index in [2.05, 4.69) is 0 Å². The van der Waals surface area contributed by atoms with Gasteiger partial charge in [-0.2, -0.15) is 0 Å². The second kappa shape index (κ2) is 13.4. The lowest BCUT2D eigenvalue weighted by Crippen LogP contribution is -2.35. The van der Waals surface area contributed by atoms with E-state index in [9.17, 15) is 19.4 Å². The number of rotatable bonds is 11. The number of benzene rings is 1. The Kier molecular flexibility index (Phi) is 9.98. The molecule has 1 aliphatic carbocycles. The van der Waals surface area contributed by atoms with Crippen LogP contribution in [0.25, 0.3) is 0 Å². The third-order valence-electron chi connectivity index (χ3n) is 7.00. The van der Waals surface area contributed by atoms with E-state index in [1.807, 2.05) is 6.08 Å². The second-order valence-corrected chi connectivity index (χ2v) is 9.65. The molecule has 8 nitrogen and oxygen atoms in total. The number of ether oxygens (including phenoxy) is 5. The molecule has 3 fully saturated rings. The molecule has 9 heteroatoms. The van der Waals surface area contributed by atoms with Gasteiger partial charge in [-0.05, 0) is 50.3 Å². The fourth-order valence-corrected chi connectivity index (χ4v) is 5.24. The number of para-hydroxylation sites is 1. The topological polar surface area (TPSA) is 104 Å². The Hall–Kier alpha value is -2.20. The van der Waals surface area contributed by atoms with Crippen molar-refractivity contribution in [1.29, 1.82) is 0 Å². The average molecular weight is 509 g/mol. The summed E-state index contributed by atoms with van der Waals surface area (Å²) in [5.74, 6) is -1.80. The van der Waals surface area contributed by atoms with E-state index in [1.165, 1.54) is 6.07 Å². The van der Waals surface area contributed by atoms with E-state index < -0.39 is 48.4 Å². The maximum atomic E-state index is 13.9. The number of hydrogen-bond donors (Lipinski definition) is 2. The first-order chi connectivity index (χ1) is 17.5. The Labute approximate surface area is 211 Å². The number of halogens is 1. The summed E-state index contributed by atoms with van der Waals surface area (Å²) in [7, 11) is 0. The molecule has 6 atom stereocenters. The SMILES string of the molecule is O=C(O)C[C@@H]1[C@H](C(=CCCOc2ccccc2F)OC2CCCCO2)[C@H](OC2CCCCO2)C[C@@H]1O. The van der Waals surface area contributed by atoms with Crippen LogP contribution in [0.4, 0.5) is 4.39 Å². The van der Waals surface area contributed by atoms with E-state index >= 15 is 0 Å². The van der Waals surface area contributed by atoms with E-state index in [0.717, 1.165) is 38.5 Å². The predicted octanol–water partition coefficient (Wildman–Crippen LogP) is 4.41. The summed E-state index contributed by atoms with van der Waals surface area (Å²) in [6.07, 6.45) is 5.54. The molecule has 1 saturated carbocycles. The van der Waals surface area contributed by atoms with Gasteiger partial charge in [0.1, 0.15) is 5.76 Å². The van der Waals surface area contributed by atoms with Crippen LogP contribution >= 0.6 is 0 Å². The average Bonchev–Trinajstić information content (AvgIpc) is 3.17. The first-order valence-electron chi connectivity index (χ1n) is 13.0. The highest BCUT2D eigenvalue weighted by Gasteiger charge is 2.48. The van der Waals surface area contributed by atoms with Gasteiger partial charge in [0.2, 0.25) is 0 Å². The van der Waals surface area contributed by atoms with Crippen molar-refractivity contribution in [2.24, 2.45) is 11.8 Å². The largest absolute Gasteiger partial charge is 0.490 e. The van der Waals surface area contributed by atoms with Gasteiger partial charge in [0.15, 0.2) is 24.1 Å². The molecule has 0 aromatic heterocycles. The van der Waals surface area contributed by atoms with Crippen LogP contribution in [0.2, 0.25) is 0 Å². The van der Waals surface area contributed by atoms with Crippen molar-refractivity contribution in [2.45, 2.75) is 82.6 Å². The fourth-order valence-electron chi connectivity index (χ4n) is 5.24. The summed E-state index contributed by atoms with van der Waals surface area (Å²) < 4.78 is 43.7. The summed E-state index contributed by atoms with van der Waals surface area (Å²) in [6.45, 7) is 1.41. The molecule has 0 bridgehead atoms. The van der Waals surface area contributed by atoms with Gasteiger partial charge >= 0.3 is 5.97 Å². The molecule has 0 radical (unpaired) electrons. The van der Waals surface area contributed by atoms with Crippen LogP contribution < -0.4 is 4.74 Å². The summed E-state index contributed by atoms with van der Waals surface area (Å²) in [5, 5.41) is 20.4. The first kappa shape index (κ1) is 26.9. The molecule has 1 aromatic carbocycles. The quantitative estimate of drug-likeness (QED) is 0.335. The Balaban J connectivity index is 1.53. The Morgan fingerprint density at radius 1 is 1.08 bits per heavy atom. The van der Waals surface area contributed by atoms with E-state index in [-0.39, 0.29) is 18.8 Å². The van der Waals surface area contributed by atoms with E-state index in [0.29, 0.717) is 31.8 Å². The van der Waals surface area contributed by atoms with E-state index in [1.54, 1.807) is 18.2 Å². The molecule has 2 N–H and O–H groups in total. The Morgan fingerprint density at radius 2 is 1.81 bits per heavy atom. The van der Waals surface area contributed by atoms with Crippen LogP contribution in [0.15, 0.2) is 36.1 Å². The number of aliphatic hydroxyl groups is 1. The maximum absolute atomic E-state index is 13.9. The first-order valence-corrected chi connectivity index (χ1v) is 13.0. The van der Waals surface area contributed by atoms with E-state index in [4.69, 9.17) is 23.7 Å². The lowest BCUT2D eigenvalue weighted by atomic mass is 9.88. The van der Waals surface area contributed by atoms with Crippen molar-refractivity contribution in [3.05, 3.63) is 41.9 Å². The van der Waals surface area contributed by atoms with Crippen molar-refractivity contribution in [3.63, 3.8) is 0 Å². The highest BCUT2D eigenvalue weighted by atomic mass is 19.1. The van der Waals surface area contributed by atoms with Crippen molar-refractivity contribution in [3.8, 4) is 5.75 Å². The number of aliphatic carboxylic acids is 1. The lowest BCUT2D eigenvalue weighted by Gasteiger charge is -2.33. The Bertz CT molecular complexity index is 865.